The van der Waals surface area contributed by atoms with Gasteiger partial charge < -0.3 is 10.0 Å². The summed E-state index contributed by atoms with van der Waals surface area (Å²) in [5.74, 6) is -0.382. The molecule has 92 valence electrons. The van der Waals surface area contributed by atoms with Crippen LogP contribution >= 0.6 is 11.5 Å². The summed E-state index contributed by atoms with van der Waals surface area (Å²) in [7, 11) is 0. The van der Waals surface area contributed by atoms with E-state index < -0.39 is 18.0 Å². The van der Waals surface area contributed by atoms with Gasteiger partial charge in [-0.1, -0.05) is 0 Å². The van der Waals surface area contributed by atoms with Crippen molar-refractivity contribution < 1.29 is 14.7 Å². The molecule has 1 aromatic heterocycles. The Morgan fingerprint density at radius 1 is 1.59 bits per heavy atom. The van der Waals surface area contributed by atoms with E-state index in [-0.39, 0.29) is 0 Å². The summed E-state index contributed by atoms with van der Waals surface area (Å²) in [5.41, 5.74) is 0. The Hall–Kier alpha value is -1.70. The van der Waals surface area contributed by atoms with Gasteiger partial charge in [-0.05, 0) is 19.8 Å². The first kappa shape index (κ1) is 11.8. The lowest BCUT2D eigenvalue weighted by molar-refractivity contribution is -0.141. The molecule has 2 amide bonds. The van der Waals surface area contributed by atoms with Crippen LogP contribution in [0.25, 0.3) is 0 Å². The van der Waals surface area contributed by atoms with Crippen molar-refractivity contribution >= 4 is 28.7 Å². The number of hydrogen-bond acceptors (Lipinski definition) is 5. The number of carboxylic acid groups (broad SMARTS) is 1. The van der Waals surface area contributed by atoms with Crippen LogP contribution in [-0.4, -0.2) is 44.0 Å². The molecule has 0 bridgehead atoms. The number of carbonyl (C=O) groups is 2. The van der Waals surface area contributed by atoms with Crippen molar-refractivity contribution in [2.75, 3.05) is 11.9 Å². The molecule has 2 N–H and O–H groups in total. The number of likely N-dealkylation sites (tertiary alicyclic amines) is 1. The van der Waals surface area contributed by atoms with Gasteiger partial charge in [-0.25, -0.2) is 14.6 Å². The molecule has 0 spiro atoms. The summed E-state index contributed by atoms with van der Waals surface area (Å²) in [4.78, 5) is 28.1. The Morgan fingerprint density at radius 3 is 2.94 bits per heavy atom. The zero-order valence-corrected chi connectivity index (χ0v) is 10.0. The third-order valence-electron chi connectivity index (χ3n) is 2.54. The number of carbonyl (C=O) groups excluding carboxylic acids is 1. The number of aromatic nitrogens is 2. The lowest BCUT2D eigenvalue weighted by Gasteiger charge is -2.20. The molecule has 0 aliphatic carbocycles. The number of anilines is 1. The molecule has 17 heavy (non-hydrogen) atoms. The van der Waals surface area contributed by atoms with Gasteiger partial charge in [0.25, 0.3) is 0 Å². The average molecular weight is 256 g/mol. The Balaban J connectivity index is 2.02. The number of carboxylic acids is 1. The maximum absolute atomic E-state index is 11.8. The van der Waals surface area contributed by atoms with Gasteiger partial charge in [-0.2, -0.15) is 4.37 Å². The molecular weight excluding hydrogens is 244 g/mol. The van der Waals surface area contributed by atoms with Crippen LogP contribution in [0.1, 0.15) is 18.7 Å². The fourth-order valence-corrected chi connectivity index (χ4v) is 2.34. The highest BCUT2D eigenvalue weighted by atomic mass is 32.1. The molecule has 1 fully saturated rings. The number of aryl methyl sites for hydroxylation is 1. The average Bonchev–Trinajstić information content (AvgIpc) is 2.86. The number of urea groups is 1. The topological polar surface area (TPSA) is 95.4 Å². The summed E-state index contributed by atoms with van der Waals surface area (Å²) in [5, 5.41) is 11.9. The molecule has 8 heteroatoms. The lowest BCUT2D eigenvalue weighted by Crippen LogP contribution is -2.42. The van der Waals surface area contributed by atoms with E-state index in [1.165, 1.54) is 4.90 Å². The Kier molecular flexibility index (Phi) is 3.23. The van der Waals surface area contributed by atoms with Crippen molar-refractivity contribution in [2.24, 2.45) is 0 Å². The summed E-state index contributed by atoms with van der Waals surface area (Å²) in [6.45, 7) is 2.18. The van der Waals surface area contributed by atoms with E-state index in [1.54, 1.807) is 6.92 Å². The second-order valence-corrected chi connectivity index (χ2v) is 4.52. The highest BCUT2D eigenvalue weighted by molar-refractivity contribution is 7.09. The summed E-state index contributed by atoms with van der Waals surface area (Å²) in [6.07, 6.45) is 1.21. The molecule has 0 radical (unpaired) electrons. The first-order chi connectivity index (χ1) is 8.08. The van der Waals surface area contributed by atoms with E-state index in [0.717, 1.165) is 11.5 Å². The van der Waals surface area contributed by atoms with Gasteiger partial charge in [0.15, 0.2) is 0 Å². The van der Waals surface area contributed by atoms with Crippen molar-refractivity contribution in [1.82, 2.24) is 14.3 Å². The fourth-order valence-electron chi connectivity index (χ4n) is 1.78. The second kappa shape index (κ2) is 4.66. The summed E-state index contributed by atoms with van der Waals surface area (Å²) in [6, 6.07) is -1.16. The minimum Gasteiger partial charge on any atom is -0.480 e. The fraction of sp³-hybridized carbons (Fsp3) is 0.556. The van der Waals surface area contributed by atoms with E-state index in [0.29, 0.717) is 30.3 Å². The minimum atomic E-state index is -0.967. The SMILES string of the molecule is Cc1nsc(NC(=O)N2CCC[C@H]2C(=O)O)n1. The van der Waals surface area contributed by atoms with E-state index in [4.69, 9.17) is 5.11 Å². The Labute approximate surface area is 102 Å². The van der Waals surface area contributed by atoms with Crippen LogP contribution in [0.3, 0.4) is 0 Å². The van der Waals surface area contributed by atoms with Crippen molar-refractivity contribution in [2.45, 2.75) is 25.8 Å². The number of aliphatic carboxylic acids is 1. The molecule has 0 aromatic carbocycles. The van der Waals surface area contributed by atoms with Gasteiger partial charge in [-0.15, -0.1) is 0 Å². The van der Waals surface area contributed by atoms with Crippen LogP contribution in [0.15, 0.2) is 0 Å². The van der Waals surface area contributed by atoms with Crippen LogP contribution in [-0.2, 0) is 4.79 Å². The third-order valence-corrected chi connectivity index (χ3v) is 3.26. The zero-order valence-electron chi connectivity index (χ0n) is 9.21. The van der Waals surface area contributed by atoms with Crippen LogP contribution in [0.5, 0.6) is 0 Å². The van der Waals surface area contributed by atoms with Crippen LogP contribution in [0, 0.1) is 6.92 Å². The molecule has 1 aliphatic heterocycles. The van der Waals surface area contributed by atoms with Crippen molar-refractivity contribution in [3.05, 3.63) is 5.82 Å². The molecule has 2 heterocycles. The van der Waals surface area contributed by atoms with Gasteiger partial charge in [0.1, 0.15) is 11.9 Å². The Bertz CT molecular complexity index is 447. The van der Waals surface area contributed by atoms with Gasteiger partial charge in [-0.3, -0.25) is 5.32 Å². The van der Waals surface area contributed by atoms with Crippen molar-refractivity contribution in [1.29, 1.82) is 0 Å². The summed E-state index contributed by atoms with van der Waals surface area (Å²) < 4.78 is 3.93. The number of amides is 2. The standard InChI is InChI=1S/C9H12N4O3S/c1-5-10-8(17-12-5)11-9(16)13-4-2-3-6(13)7(14)15/h6H,2-4H2,1H3,(H,14,15)(H,10,11,12,16)/t6-/m0/s1. The molecule has 0 unspecified atom stereocenters. The van der Waals surface area contributed by atoms with Gasteiger partial charge in [0.2, 0.25) is 5.13 Å². The number of rotatable bonds is 2. The second-order valence-electron chi connectivity index (χ2n) is 3.77. The van der Waals surface area contributed by atoms with Crippen molar-refractivity contribution in [3.63, 3.8) is 0 Å². The summed E-state index contributed by atoms with van der Waals surface area (Å²) >= 11 is 1.08. The monoisotopic (exact) mass is 256 g/mol. The molecular formula is C9H12N4O3S. The van der Waals surface area contributed by atoms with E-state index >= 15 is 0 Å². The van der Waals surface area contributed by atoms with E-state index in [2.05, 4.69) is 14.7 Å². The molecule has 7 nitrogen and oxygen atoms in total. The number of nitrogens with zero attached hydrogens (tertiary/aromatic N) is 3. The quantitative estimate of drug-likeness (QED) is 0.820. The normalized spacial score (nSPS) is 19.4. The van der Waals surface area contributed by atoms with Crippen LogP contribution < -0.4 is 5.32 Å². The maximum atomic E-state index is 11.8. The first-order valence-electron chi connectivity index (χ1n) is 5.18. The molecule has 2 rings (SSSR count). The van der Waals surface area contributed by atoms with Crippen molar-refractivity contribution in [3.8, 4) is 0 Å². The maximum Gasteiger partial charge on any atom is 0.326 e. The highest BCUT2D eigenvalue weighted by Gasteiger charge is 2.34. The largest absolute Gasteiger partial charge is 0.480 e. The zero-order chi connectivity index (χ0) is 12.4. The Morgan fingerprint density at radius 2 is 2.35 bits per heavy atom. The van der Waals surface area contributed by atoms with Crippen LogP contribution in [0.4, 0.5) is 9.93 Å². The van der Waals surface area contributed by atoms with Crippen LogP contribution in [0.2, 0.25) is 0 Å². The molecule has 1 aromatic rings. The highest BCUT2D eigenvalue weighted by Crippen LogP contribution is 2.19. The number of hydrogen-bond donors (Lipinski definition) is 2. The molecule has 1 aliphatic rings. The molecule has 1 atom stereocenters. The molecule has 1 saturated heterocycles. The van der Waals surface area contributed by atoms with Gasteiger partial charge in [0.05, 0.1) is 0 Å². The van der Waals surface area contributed by atoms with E-state index in [9.17, 15) is 9.59 Å². The van der Waals surface area contributed by atoms with Gasteiger partial charge >= 0.3 is 12.0 Å². The smallest absolute Gasteiger partial charge is 0.326 e. The number of nitrogens with one attached hydrogen (secondary N) is 1. The lowest BCUT2D eigenvalue weighted by atomic mass is 10.2. The predicted molar refractivity (Wildman–Crippen MR) is 61.0 cm³/mol. The first-order valence-corrected chi connectivity index (χ1v) is 5.96. The van der Waals surface area contributed by atoms with Gasteiger partial charge in [0, 0.05) is 18.1 Å². The minimum absolute atomic E-state index is 0.392. The predicted octanol–water partition coefficient (Wildman–Crippen LogP) is 0.927. The molecule has 0 saturated carbocycles. The van der Waals surface area contributed by atoms with E-state index in [1.807, 2.05) is 0 Å². The third kappa shape index (κ3) is 2.52.